The van der Waals surface area contributed by atoms with E-state index in [1.54, 1.807) is 12.1 Å². The summed E-state index contributed by atoms with van der Waals surface area (Å²) >= 11 is 0. The first-order valence-corrected chi connectivity index (χ1v) is 12.5. The molecule has 5 atom stereocenters. The lowest BCUT2D eigenvalue weighted by molar-refractivity contribution is -0.00804. The number of phenols is 1. The minimum Gasteiger partial charge on any atom is -0.508 e. The van der Waals surface area contributed by atoms with Crippen LogP contribution in [0.5, 0.6) is 5.75 Å². The van der Waals surface area contributed by atoms with Crippen molar-refractivity contribution in [2.24, 2.45) is 17.3 Å². The molecule has 3 aliphatic rings. The second-order valence-electron chi connectivity index (χ2n) is 9.77. The molecule has 0 unspecified atom stereocenters. The molecule has 0 saturated heterocycles. The van der Waals surface area contributed by atoms with Crippen molar-refractivity contribution in [1.82, 2.24) is 0 Å². The van der Waals surface area contributed by atoms with Gasteiger partial charge in [0.15, 0.2) is 0 Å². The van der Waals surface area contributed by atoms with Crippen molar-refractivity contribution < 1.29 is 17.7 Å². The Morgan fingerprint density at radius 2 is 1.80 bits per heavy atom. The third-order valence-corrected chi connectivity index (χ3v) is 9.51. The number of benzene rings is 2. The molecule has 3 aliphatic carbocycles. The number of hydrogen-bond donors (Lipinski definition) is 1. The van der Waals surface area contributed by atoms with Gasteiger partial charge in [-0.25, -0.2) is 0 Å². The van der Waals surface area contributed by atoms with Gasteiger partial charge in [-0.2, -0.15) is 8.42 Å². The smallest absolute Gasteiger partial charge is 0.297 e. The van der Waals surface area contributed by atoms with Gasteiger partial charge in [-0.1, -0.05) is 30.7 Å². The van der Waals surface area contributed by atoms with E-state index in [0.29, 0.717) is 23.5 Å². The summed E-state index contributed by atoms with van der Waals surface area (Å²) in [7, 11) is -3.76. The zero-order valence-corrected chi connectivity index (χ0v) is 18.5. The molecule has 0 aliphatic heterocycles. The minimum absolute atomic E-state index is 0.104. The van der Waals surface area contributed by atoms with E-state index in [-0.39, 0.29) is 16.4 Å². The Morgan fingerprint density at radius 1 is 1.03 bits per heavy atom. The molecule has 0 bridgehead atoms. The molecule has 0 amide bonds. The Labute approximate surface area is 179 Å². The maximum absolute atomic E-state index is 12.9. The predicted molar refractivity (Wildman–Crippen MR) is 116 cm³/mol. The fourth-order valence-electron chi connectivity index (χ4n) is 6.59. The summed E-state index contributed by atoms with van der Waals surface area (Å²) in [6.07, 6.45) is 5.71. The van der Waals surface area contributed by atoms with Crippen molar-refractivity contribution in [2.75, 3.05) is 0 Å². The minimum atomic E-state index is -3.76. The van der Waals surface area contributed by atoms with Crippen LogP contribution >= 0.6 is 0 Å². The average molecular weight is 427 g/mol. The Bertz CT molecular complexity index is 1060. The summed E-state index contributed by atoms with van der Waals surface area (Å²) in [5.74, 6) is 1.91. The van der Waals surface area contributed by atoms with Crippen molar-refractivity contribution >= 4 is 10.1 Å². The van der Waals surface area contributed by atoms with E-state index in [0.717, 1.165) is 44.1 Å². The van der Waals surface area contributed by atoms with Crippen LogP contribution in [0.15, 0.2) is 47.4 Å². The maximum Gasteiger partial charge on any atom is 0.297 e. The van der Waals surface area contributed by atoms with Gasteiger partial charge in [0.1, 0.15) is 5.75 Å². The molecule has 0 aromatic heterocycles. The summed E-state index contributed by atoms with van der Waals surface area (Å²) < 4.78 is 31.8. The summed E-state index contributed by atoms with van der Waals surface area (Å²) in [6, 6.07) is 12.8. The molecule has 2 aromatic carbocycles. The number of rotatable bonds is 3. The van der Waals surface area contributed by atoms with Crippen molar-refractivity contribution in [3.05, 3.63) is 59.2 Å². The average Bonchev–Trinajstić information content (AvgIpc) is 3.03. The summed E-state index contributed by atoms with van der Waals surface area (Å²) in [5.41, 5.74) is 3.61. The third kappa shape index (κ3) is 3.18. The monoisotopic (exact) mass is 426 g/mol. The fourth-order valence-corrected chi connectivity index (χ4v) is 7.79. The SMILES string of the molecule is Cc1ccc(S(=O)(=O)O[C@H]2CC[C@H]3[C@H]4CCc5cc(O)ccc5[C@@H]4CC[C@]23C)cc1. The summed E-state index contributed by atoms with van der Waals surface area (Å²) in [4.78, 5) is 0.250. The number of fused-ring (bicyclic) bond motifs is 5. The fraction of sp³-hybridized carbons (Fsp3) is 0.520. The van der Waals surface area contributed by atoms with Crippen LogP contribution in [0, 0.1) is 24.2 Å². The lowest BCUT2D eigenvalue weighted by Gasteiger charge is -2.50. The molecule has 0 radical (unpaired) electrons. The van der Waals surface area contributed by atoms with E-state index in [1.807, 2.05) is 31.2 Å². The van der Waals surface area contributed by atoms with E-state index in [4.69, 9.17) is 4.18 Å². The second kappa shape index (κ2) is 7.10. The van der Waals surface area contributed by atoms with Gasteiger partial charge in [0.2, 0.25) is 0 Å². The van der Waals surface area contributed by atoms with Crippen molar-refractivity contribution in [1.29, 1.82) is 0 Å². The van der Waals surface area contributed by atoms with Crippen LogP contribution < -0.4 is 0 Å². The largest absolute Gasteiger partial charge is 0.508 e. The van der Waals surface area contributed by atoms with E-state index in [9.17, 15) is 13.5 Å². The van der Waals surface area contributed by atoms with Gasteiger partial charge < -0.3 is 5.11 Å². The third-order valence-electron chi connectivity index (χ3n) is 8.18. The molecule has 160 valence electrons. The van der Waals surface area contributed by atoms with Crippen molar-refractivity contribution in [2.45, 2.75) is 69.3 Å². The highest BCUT2D eigenvalue weighted by Crippen LogP contribution is 2.61. The normalized spacial score (nSPS) is 32.9. The molecule has 30 heavy (non-hydrogen) atoms. The molecule has 4 nitrogen and oxygen atoms in total. The van der Waals surface area contributed by atoms with Crippen LogP contribution in [-0.4, -0.2) is 19.6 Å². The Balaban J connectivity index is 1.39. The number of aryl methyl sites for hydroxylation is 2. The second-order valence-corrected chi connectivity index (χ2v) is 11.3. The zero-order chi connectivity index (χ0) is 21.1. The van der Waals surface area contributed by atoms with Crippen LogP contribution in [0.4, 0.5) is 0 Å². The van der Waals surface area contributed by atoms with E-state index in [2.05, 4.69) is 13.0 Å². The number of aromatic hydroxyl groups is 1. The molecule has 5 heteroatoms. The van der Waals surface area contributed by atoms with Gasteiger partial charge in [0.25, 0.3) is 10.1 Å². The maximum atomic E-state index is 12.9. The van der Waals surface area contributed by atoms with Crippen LogP contribution in [0.3, 0.4) is 0 Å². The van der Waals surface area contributed by atoms with Gasteiger partial charge in [-0.15, -0.1) is 0 Å². The van der Waals surface area contributed by atoms with Crippen LogP contribution in [0.2, 0.25) is 0 Å². The molecule has 5 rings (SSSR count). The molecular weight excluding hydrogens is 396 g/mol. The lowest BCUT2D eigenvalue weighted by Crippen LogP contribution is -2.45. The van der Waals surface area contributed by atoms with Crippen LogP contribution in [-0.2, 0) is 20.7 Å². The topological polar surface area (TPSA) is 63.6 Å². The Kier molecular flexibility index (Phi) is 4.75. The first-order valence-electron chi connectivity index (χ1n) is 11.1. The van der Waals surface area contributed by atoms with Crippen molar-refractivity contribution in [3.8, 4) is 5.75 Å². The number of hydrogen-bond acceptors (Lipinski definition) is 4. The molecule has 2 aromatic rings. The highest BCUT2D eigenvalue weighted by Gasteiger charge is 2.56. The van der Waals surface area contributed by atoms with Gasteiger partial charge in [-0.05, 0) is 104 Å². The standard InChI is InChI=1S/C25H30O4S/c1-16-3-7-19(8-4-16)30(27,28)29-24-12-11-23-22-9-5-17-15-18(26)6-10-20(17)21(22)13-14-25(23,24)2/h3-4,6-8,10,15,21-24,26H,5,9,11-14H2,1-2H3/t21-,22-,23-,24-,25-/m0/s1. The number of phenolic OH excluding ortho intramolecular Hbond substituents is 1. The van der Waals surface area contributed by atoms with Crippen LogP contribution in [0.1, 0.15) is 61.6 Å². The van der Waals surface area contributed by atoms with Crippen molar-refractivity contribution in [3.63, 3.8) is 0 Å². The van der Waals surface area contributed by atoms with Gasteiger partial charge in [0.05, 0.1) is 11.0 Å². The van der Waals surface area contributed by atoms with E-state index in [1.165, 1.54) is 11.1 Å². The summed E-state index contributed by atoms with van der Waals surface area (Å²) in [5, 5.41) is 9.85. The molecule has 0 heterocycles. The molecule has 1 N–H and O–H groups in total. The summed E-state index contributed by atoms with van der Waals surface area (Å²) in [6.45, 7) is 4.20. The highest BCUT2D eigenvalue weighted by atomic mass is 32.2. The Morgan fingerprint density at radius 3 is 2.57 bits per heavy atom. The molecule has 2 saturated carbocycles. The van der Waals surface area contributed by atoms with Gasteiger partial charge >= 0.3 is 0 Å². The van der Waals surface area contributed by atoms with Gasteiger partial charge in [-0.3, -0.25) is 4.18 Å². The molecule has 2 fully saturated rings. The first kappa shape index (κ1) is 20.1. The molecular formula is C25H30O4S. The zero-order valence-electron chi connectivity index (χ0n) is 17.7. The quantitative estimate of drug-likeness (QED) is 0.674. The highest BCUT2D eigenvalue weighted by molar-refractivity contribution is 7.86. The first-order chi connectivity index (χ1) is 14.3. The van der Waals surface area contributed by atoms with E-state index < -0.39 is 10.1 Å². The molecule has 0 spiro atoms. The Hall–Kier alpha value is -1.85. The van der Waals surface area contributed by atoms with Gasteiger partial charge in [0, 0.05) is 0 Å². The van der Waals surface area contributed by atoms with Crippen LogP contribution in [0.25, 0.3) is 0 Å². The lowest BCUT2D eigenvalue weighted by atomic mass is 9.55. The van der Waals surface area contributed by atoms with E-state index >= 15 is 0 Å². The predicted octanol–water partition coefficient (Wildman–Crippen LogP) is 5.33.